The van der Waals surface area contributed by atoms with Gasteiger partial charge in [0.25, 0.3) is 5.91 Å². The summed E-state index contributed by atoms with van der Waals surface area (Å²) in [6, 6.07) is 3.87. The fourth-order valence-corrected chi connectivity index (χ4v) is 1.38. The fourth-order valence-electron chi connectivity index (χ4n) is 1.38. The molecular formula is C12H14FNO4. The van der Waals surface area contributed by atoms with E-state index in [0.717, 1.165) is 13.2 Å². The zero-order chi connectivity index (χ0) is 13.7. The summed E-state index contributed by atoms with van der Waals surface area (Å²) < 4.78 is 17.4. The number of esters is 1. The number of methoxy groups -OCH3 is 1. The lowest BCUT2D eigenvalue weighted by molar-refractivity contribution is -0.149. The van der Waals surface area contributed by atoms with Crippen molar-refractivity contribution in [3.63, 3.8) is 0 Å². The van der Waals surface area contributed by atoms with Crippen molar-refractivity contribution in [1.29, 1.82) is 0 Å². The molecule has 1 atom stereocenters. The van der Waals surface area contributed by atoms with Crippen LogP contribution in [0.15, 0.2) is 18.2 Å². The maximum absolute atomic E-state index is 13.1. The number of nitrogens with one attached hydrogen (secondary N) is 1. The summed E-state index contributed by atoms with van der Waals surface area (Å²) in [5.74, 6) is -1.93. The number of rotatable bonds is 4. The number of amides is 1. The molecule has 0 spiro atoms. The van der Waals surface area contributed by atoms with Crippen LogP contribution in [0, 0.1) is 12.7 Å². The highest BCUT2D eigenvalue weighted by atomic mass is 19.1. The molecule has 5 nitrogen and oxygen atoms in total. The molecule has 0 fully saturated rings. The third-order valence-electron chi connectivity index (χ3n) is 2.23. The number of aliphatic hydroxyl groups is 1. The predicted molar refractivity (Wildman–Crippen MR) is 61.5 cm³/mol. The normalized spacial score (nSPS) is 11.8. The van der Waals surface area contributed by atoms with Crippen LogP contribution >= 0.6 is 0 Å². The lowest BCUT2D eigenvalue weighted by Crippen LogP contribution is -2.37. The second-order valence-corrected chi connectivity index (χ2v) is 3.77. The zero-order valence-corrected chi connectivity index (χ0v) is 10.1. The third kappa shape index (κ3) is 3.81. The molecule has 6 heteroatoms. The number of carbonyl (C=O) groups is 2. The van der Waals surface area contributed by atoms with Crippen LogP contribution in [0.1, 0.15) is 15.9 Å². The van der Waals surface area contributed by atoms with Crippen molar-refractivity contribution in [2.45, 2.75) is 13.0 Å². The van der Waals surface area contributed by atoms with Gasteiger partial charge in [0.15, 0.2) is 6.10 Å². The minimum absolute atomic E-state index is 0.129. The highest BCUT2D eigenvalue weighted by molar-refractivity contribution is 5.94. The summed E-state index contributed by atoms with van der Waals surface area (Å²) in [7, 11) is 1.13. The monoisotopic (exact) mass is 255 g/mol. The maximum Gasteiger partial charge on any atom is 0.336 e. The zero-order valence-electron chi connectivity index (χ0n) is 10.1. The van der Waals surface area contributed by atoms with E-state index < -0.39 is 23.8 Å². The van der Waals surface area contributed by atoms with Gasteiger partial charge < -0.3 is 15.2 Å². The van der Waals surface area contributed by atoms with Gasteiger partial charge in [0.1, 0.15) is 5.82 Å². The molecule has 0 aliphatic rings. The van der Waals surface area contributed by atoms with Gasteiger partial charge >= 0.3 is 5.97 Å². The number of aliphatic hydroxyl groups excluding tert-OH is 1. The Morgan fingerprint density at radius 3 is 2.67 bits per heavy atom. The van der Waals surface area contributed by atoms with Crippen LogP contribution in [0.5, 0.6) is 0 Å². The first-order valence-electron chi connectivity index (χ1n) is 5.25. The van der Waals surface area contributed by atoms with Crippen LogP contribution in [0.4, 0.5) is 4.39 Å². The standard InChI is InChI=1S/C12H14FNO4/c1-7-3-8(5-9(13)4-7)11(16)14-6-10(15)12(17)18-2/h3-5,10,15H,6H2,1-2H3,(H,14,16). The van der Waals surface area contributed by atoms with E-state index in [4.69, 9.17) is 0 Å². The largest absolute Gasteiger partial charge is 0.467 e. The molecule has 98 valence electrons. The smallest absolute Gasteiger partial charge is 0.336 e. The number of hydrogen-bond acceptors (Lipinski definition) is 4. The summed E-state index contributed by atoms with van der Waals surface area (Å²) in [4.78, 5) is 22.5. The van der Waals surface area contributed by atoms with Gasteiger partial charge in [0, 0.05) is 5.56 Å². The van der Waals surface area contributed by atoms with Crippen molar-refractivity contribution < 1.29 is 23.8 Å². The summed E-state index contributed by atoms with van der Waals surface area (Å²) in [6.07, 6.45) is -1.44. The number of benzene rings is 1. The lowest BCUT2D eigenvalue weighted by atomic mass is 10.1. The van der Waals surface area contributed by atoms with Crippen LogP contribution in [-0.2, 0) is 9.53 Å². The van der Waals surface area contributed by atoms with E-state index in [0.29, 0.717) is 5.56 Å². The summed E-state index contributed by atoms with van der Waals surface area (Å²) >= 11 is 0. The maximum atomic E-state index is 13.1. The molecule has 0 heterocycles. The van der Waals surface area contributed by atoms with Gasteiger partial charge in [-0.2, -0.15) is 0 Å². The Labute approximate surface area is 104 Å². The van der Waals surface area contributed by atoms with Crippen molar-refractivity contribution in [3.05, 3.63) is 35.1 Å². The van der Waals surface area contributed by atoms with Crippen molar-refractivity contribution in [1.82, 2.24) is 5.32 Å². The molecule has 1 aromatic carbocycles. The van der Waals surface area contributed by atoms with E-state index in [1.165, 1.54) is 12.1 Å². The van der Waals surface area contributed by atoms with Gasteiger partial charge in [-0.05, 0) is 30.7 Å². The Hall–Kier alpha value is -1.95. The highest BCUT2D eigenvalue weighted by Gasteiger charge is 2.17. The SMILES string of the molecule is COC(=O)C(O)CNC(=O)c1cc(C)cc(F)c1. The molecule has 0 aliphatic carbocycles. The van der Waals surface area contributed by atoms with E-state index in [-0.39, 0.29) is 12.1 Å². The first-order chi connectivity index (χ1) is 8.43. The number of hydrogen-bond donors (Lipinski definition) is 2. The fraction of sp³-hybridized carbons (Fsp3) is 0.333. The number of aryl methyl sites for hydroxylation is 1. The van der Waals surface area contributed by atoms with Crippen LogP contribution in [0.3, 0.4) is 0 Å². The Morgan fingerprint density at radius 1 is 1.44 bits per heavy atom. The number of halogens is 1. The second-order valence-electron chi connectivity index (χ2n) is 3.77. The average molecular weight is 255 g/mol. The van der Waals surface area contributed by atoms with Crippen LogP contribution in [0.2, 0.25) is 0 Å². The van der Waals surface area contributed by atoms with E-state index in [2.05, 4.69) is 10.1 Å². The second kappa shape index (κ2) is 6.11. The van der Waals surface area contributed by atoms with Gasteiger partial charge in [0.2, 0.25) is 0 Å². The Balaban J connectivity index is 2.63. The summed E-state index contributed by atoms with van der Waals surface area (Å²) in [6.45, 7) is 1.37. The minimum atomic E-state index is -1.44. The molecule has 0 aromatic heterocycles. The van der Waals surface area contributed by atoms with Gasteiger partial charge in [-0.1, -0.05) is 0 Å². The summed E-state index contributed by atoms with van der Waals surface area (Å²) in [5.41, 5.74) is 0.734. The highest BCUT2D eigenvalue weighted by Crippen LogP contribution is 2.08. The molecule has 0 saturated heterocycles. The molecule has 0 saturated carbocycles. The lowest BCUT2D eigenvalue weighted by Gasteiger charge is -2.10. The summed E-state index contributed by atoms with van der Waals surface area (Å²) in [5, 5.41) is 11.6. The first kappa shape index (κ1) is 14.1. The molecular weight excluding hydrogens is 241 g/mol. The quantitative estimate of drug-likeness (QED) is 0.763. The van der Waals surface area contributed by atoms with Gasteiger partial charge in [-0.15, -0.1) is 0 Å². The number of ether oxygens (including phenoxy) is 1. The molecule has 0 radical (unpaired) electrons. The Morgan fingerprint density at radius 2 is 2.11 bits per heavy atom. The molecule has 18 heavy (non-hydrogen) atoms. The molecule has 1 rings (SSSR count). The first-order valence-corrected chi connectivity index (χ1v) is 5.25. The van der Waals surface area contributed by atoms with E-state index in [1.807, 2.05) is 0 Å². The molecule has 1 unspecified atom stereocenters. The van der Waals surface area contributed by atoms with Gasteiger partial charge in [-0.25, -0.2) is 9.18 Å². The van der Waals surface area contributed by atoms with E-state index >= 15 is 0 Å². The van der Waals surface area contributed by atoms with Crippen molar-refractivity contribution >= 4 is 11.9 Å². The average Bonchev–Trinajstić information content (AvgIpc) is 2.33. The Bertz CT molecular complexity index is 441. The topological polar surface area (TPSA) is 75.6 Å². The van der Waals surface area contributed by atoms with Crippen LogP contribution in [0.25, 0.3) is 0 Å². The molecule has 2 N–H and O–H groups in total. The Kier molecular flexibility index (Phi) is 4.79. The molecule has 1 aromatic rings. The van der Waals surface area contributed by atoms with Crippen LogP contribution < -0.4 is 5.32 Å². The van der Waals surface area contributed by atoms with E-state index in [1.54, 1.807) is 6.92 Å². The minimum Gasteiger partial charge on any atom is -0.467 e. The molecule has 0 bridgehead atoms. The van der Waals surface area contributed by atoms with E-state index in [9.17, 15) is 19.1 Å². The van der Waals surface area contributed by atoms with Gasteiger partial charge in [-0.3, -0.25) is 4.79 Å². The predicted octanol–water partition coefficient (Wildman–Crippen LogP) is 0.398. The molecule has 0 aliphatic heterocycles. The van der Waals surface area contributed by atoms with Crippen molar-refractivity contribution in [2.24, 2.45) is 0 Å². The van der Waals surface area contributed by atoms with Crippen LogP contribution in [-0.4, -0.2) is 36.7 Å². The third-order valence-corrected chi connectivity index (χ3v) is 2.23. The van der Waals surface area contributed by atoms with Crippen molar-refractivity contribution in [2.75, 3.05) is 13.7 Å². The van der Waals surface area contributed by atoms with Gasteiger partial charge in [0.05, 0.1) is 13.7 Å². The number of carbonyl (C=O) groups excluding carboxylic acids is 2. The molecule has 1 amide bonds. The van der Waals surface area contributed by atoms with Crippen molar-refractivity contribution in [3.8, 4) is 0 Å².